The Labute approximate surface area is 100 Å². The van der Waals surface area contributed by atoms with Crippen molar-refractivity contribution >= 4 is 0 Å². The molecule has 0 amide bonds. The maximum absolute atomic E-state index is 9.48. The van der Waals surface area contributed by atoms with Crippen molar-refractivity contribution in [1.82, 2.24) is 4.90 Å². The molecule has 1 aliphatic rings. The highest BCUT2D eigenvalue weighted by atomic mass is 16.3. The highest BCUT2D eigenvalue weighted by Crippen LogP contribution is 2.36. The average molecular weight is 228 g/mol. The molecule has 16 heavy (non-hydrogen) atoms. The van der Waals surface area contributed by atoms with Gasteiger partial charge in [0.05, 0.1) is 6.10 Å². The summed E-state index contributed by atoms with van der Waals surface area (Å²) in [5, 5.41) is 9.48. The predicted octanol–water partition coefficient (Wildman–Crippen LogP) is 1.60. The molecule has 0 aliphatic heterocycles. The molecule has 0 saturated heterocycles. The maximum Gasteiger partial charge on any atom is 0.0639 e. The molecule has 1 saturated carbocycles. The van der Waals surface area contributed by atoms with Gasteiger partial charge in [-0.25, -0.2) is 0 Å². The fraction of sp³-hybridized carbons (Fsp3) is 1.00. The van der Waals surface area contributed by atoms with Crippen molar-refractivity contribution in [2.45, 2.75) is 57.6 Å². The number of nitrogens with two attached hydrogens (primary N) is 1. The smallest absolute Gasteiger partial charge is 0.0639 e. The van der Waals surface area contributed by atoms with Crippen LogP contribution < -0.4 is 5.73 Å². The molecular formula is C13H28N2O. The van der Waals surface area contributed by atoms with E-state index in [-0.39, 0.29) is 11.6 Å². The van der Waals surface area contributed by atoms with Crippen LogP contribution in [-0.4, -0.2) is 41.8 Å². The Morgan fingerprint density at radius 2 is 2.00 bits per heavy atom. The molecule has 0 spiro atoms. The number of aliphatic hydroxyl groups is 1. The molecule has 3 nitrogen and oxygen atoms in total. The van der Waals surface area contributed by atoms with Crippen molar-refractivity contribution < 1.29 is 5.11 Å². The number of hydrogen-bond donors (Lipinski definition) is 2. The van der Waals surface area contributed by atoms with Crippen LogP contribution in [0.15, 0.2) is 0 Å². The van der Waals surface area contributed by atoms with Gasteiger partial charge in [-0.05, 0) is 45.6 Å². The lowest BCUT2D eigenvalue weighted by molar-refractivity contribution is 0.0292. The number of aliphatic hydroxyl groups excluding tert-OH is 1. The lowest BCUT2D eigenvalue weighted by Gasteiger charge is -2.46. The highest BCUT2D eigenvalue weighted by Gasteiger charge is 2.37. The van der Waals surface area contributed by atoms with Gasteiger partial charge in [0.1, 0.15) is 0 Å². The largest absolute Gasteiger partial charge is 0.392 e. The van der Waals surface area contributed by atoms with E-state index < -0.39 is 0 Å². The van der Waals surface area contributed by atoms with Gasteiger partial charge in [0.15, 0.2) is 0 Å². The molecule has 0 aromatic rings. The van der Waals surface area contributed by atoms with Gasteiger partial charge in [-0.2, -0.15) is 0 Å². The quantitative estimate of drug-likeness (QED) is 0.751. The number of rotatable bonds is 5. The molecule has 1 rings (SSSR count). The van der Waals surface area contributed by atoms with E-state index >= 15 is 0 Å². The number of likely N-dealkylation sites (N-methyl/N-ethyl adjacent to an activating group) is 1. The first-order chi connectivity index (χ1) is 7.54. The molecule has 3 heteroatoms. The van der Waals surface area contributed by atoms with Crippen LogP contribution in [0.2, 0.25) is 0 Å². The molecule has 1 aliphatic carbocycles. The molecule has 1 fully saturated rings. The first kappa shape index (κ1) is 13.9. The minimum absolute atomic E-state index is 0.142. The summed E-state index contributed by atoms with van der Waals surface area (Å²) < 4.78 is 0. The summed E-state index contributed by atoms with van der Waals surface area (Å²) in [6.07, 6.45) is 5.98. The van der Waals surface area contributed by atoms with E-state index in [4.69, 9.17) is 5.73 Å². The maximum atomic E-state index is 9.48. The minimum Gasteiger partial charge on any atom is -0.392 e. The van der Waals surface area contributed by atoms with Crippen LogP contribution in [0, 0.1) is 5.92 Å². The Bertz CT molecular complexity index is 198. The predicted molar refractivity (Wildman–Crippen MR) is 68.3 cm³/mol. The summed E-state index contributed by atoms with van der Waals surface area (Å²) in [5.74, 6) is 0.889. The fourth-order valence-corrected chi connectivity index (χ4v) is 2.95. The van der Waals surface area contributed by atoms with E-state index in [1.54, 1.807) is 0 Å². The van der Waals surface area contributed by atoms with Crippen LogP contribution in [0.3, 0.4) is 0 Å². The third kappa shape index (κ3) is 3.19. The van der Waals surface area contributed by atoms with E-state index in [2.05, 4.69) is 18.9 Å². The lowest BCUT2D eigenvalue weighted by Crippen LogP contribution is -2.55. The van der Waals surface area contributed by atoms with Gasteiger partial charge in [-0.1, -0.05) is 13.3 Å². The molecule has 0 aromatic heterocycles. The number of nitrogens with zero attached hydrogens (tertiary/aromatic N) is 1. The molecule has 1 unspecified atom stereocenters. The third-order valence-corrected chi connectivity index (χ3v) is 4.34. The van der Waals surface area contributed by atoms with Crippen LogP contribution in [0.1, 0.15) is 46.0 Å². The average Bonchev–Trinajstić information content (AvgIpc) is 2.28. The Balaban J connectivity index is 2.58. The zero-order valence-corrected chi connectivity index (χ0v) is 11.1. The van der Waals surface area contributed by atoms with E-state index in [0.29, 0.717) is 6.54 Å². The van der Waals surface area contributed by atoms with Crippen LogP contribution in [0.5, 0.6) is 0 Å². The van der Waals surface area contributed by atoms with Gasteiger partial charge < -0.3 is 10.8 Å². The zero-order valence-electron chi connectivity index (χ0n) is 11.1. The normalized spacial score (nSPS) is 33.0. The van der Waals surface area contributed by atoms with Crippen molar-refractivity contribution in [3.63, 3.8) is 0 Å². The summed E-state index contributed by atoms with van der Waals surface area (Å²) in [4.78, 5) is 2.28. The lowest BCUT2D eigenvalue weighted by atomic mass is 9.74. The van der Waals surface area contributed by atoms with Gasteiger partial charge in [-0.3, -0.25) is 4.90 Å². The van der Waals surface area contributed by atoms with Crippen molar-refractivity contribution in [2.24, 2.45) is 11.7 Å². The molecule has 0 aromatic carbocycles. The van der Waals surface area contributed by atoms with Crippen molar-refractivity contribution in [2.75, 3.05) is 20.1 Å². The molecule has 0 heterocycles. The van der Waals surface area contributed by atoms with Gasteiger partial charge in [-0.15, -0.1) is 0 Å². The van der Waals surface area contributed by atoms with E-state index in [9.17, 15) is 5.11 Å². The van der Waals surface area contributed by atoms with Crippen LogP contribution in [0.4, 0.5) is 0 Å². The molecule has 0 bridgehead atoms. The van der Waals surface area contributed by atoms with Crippen LogP contribution in [0.25, 0.3) is 0 Å². The number of β-amino-alcohol motifs (C(OH)–C–C–N with tert-alkyl or cyclic N) is 1. The standard InChI is InChI=1S/C13H28N2O/c1-4-12-5-7-13(10-14,8-6-12)15(3)9-11(2)16/h11-12,16H,4-10,14H2,1-3H3. The van der Waals surface area contributed by atoms with E-state index in [0.717, 1.165) is 12.5 Å². The van der Waals surface area contributed by atoms with E-state index in [1.165, 1.54) is 32.1 Å². The van der Waals surface area contributed by atoms with Crippen LogP contribution in [-0.2, 0) is 0 Å². The second-order valence-corrected chi connectivity index (χ2v) is 5.51. The van der Waals surface area contributed by atoms with Gasteiger partial charge in [0.2, 0.25) is 0 Å². The second kappa shape index (κ2) is 5.99. The van der Waals surface area contributed by atoms with Gasteiger partial charge in [0.25, 0.3) is 0 Å². The monoisotopic (exact) mass is 228 g/mol. The molecular weight excluding hydrogens is 200 g/mol. The summed E-state index contributed by atoms with van der Waals surface area (Å²) in [6.45, 7) is 5.57. The number of hydrogen-bond acceptors (Lipinski definition) is 3. The van der Waals surface area contributed by atoms with Crippen molar-refractivity contribution in [3.8, 4) is 0 Å². The summed E-state index contributed by atoms with van der Waals surface area (Å²) in [6, 6.07) is 0. The Kier molecular flexibility index (Phi) is 5.22. The first-order valence-corrected chi connectivity index (χ1v) is 6.63. The molecule has 0 radical (unpaired) electrons. The Morgan fingerprint density at radius 3 is 2.38 bits per heavy atom. The van der Waals surface area contributed by atoms with Gasteiger partial charge in [0, 0.05) is 18.6 Å². The van der Waals surface area contributed by atoms with Crippen molar-refractivity contribution in [1.29, 1.82) is 0 Å². The topological polar surface area (TPSA) is 49.5 Å². The summed E-state index contributed by atoms with van der Waals surface area (Å²) in [5.41, 5.74) is 6.12. The first-order valence-electron chi connectivity index (χ1n) is 6.63. The third-order valence-electron chi connectivity index (χ3n) is 4.34. The molecule has 1 atom stereocenters. The highest BCUT2D eigenvalue weighted by molar-refractivity contribution is 4.94. The Morgan fingerprint density at radius 1 is 1.44 bits per heavy atom. The van der Waals surface area contributed by atoms with Gasteiger partial charge >= 0.3 is 0 Å². The summed E-state index contributed by atoms with van der Waals surface area (Å²) in [7, 11) is 2.10. The zero-order chi connectivity index (χ0) is 12.2. The minimum atomic E-state index is -0.266. The van der Waals surface area contributed by atoms with Crippen molar-refractivity contribution in [3.05, 3.63) is 0 Å². The fourth-order valence-electron chi connectivity index (χ4n) is 2.95. The summed E-state index contributed by atoms with van der Waals surface area (Å²) >= 11 is 0. The molecule has 96 valence electrons. The molecule has 3 N–H and O–H groups in total. The van der Waals surface area contributed by atoms with E-state index in [1.807, 2.05) is 6.92 Å². The van der Waals surface area contributed by atoms with Crippen LogP contribution >= 0.6 is 0 Å². The SMILES string of the molecule is CCC1CCC(CN)(N(C)CC(C)O)CC1. The Hall–Kier alpha value is -0.120. The second-order valence-electron chi connectivity index (χ2n) is 5.51.